The topological polar surface area (TPSA) is 96.9 Å². The van der Waals surface area contributed by atoms with Crippen LogP contribution in [0.15, 0.2) is 42.5 Å². The Bertz CT molecular complexity index is 812. The lowest BCUT2D eigenvalue weighted by molar-refractivity contribution is -0.120. The first-order chi connectivity index (χ1) is 12.9. The minimum Gasteiger partial charge on any atom is -0.497 e. The number of benzene rings is 2. The molecule has 3 N–H and O–H groups in total. The number of aliphatic hydroxyl groups excluding tert-OH is 1. The molecule has 2 rings (SSSR count). The van der Waals surface area contributed by atoms with Gasteiger partial charge in [0.1, 0.15) is 11.5 Å². The average Bonchev–Trinajstić information content (AvgIpc) is 2.69. The van der Waals surface area contributed by atoms with Gasteiger partial charge in [-0.15, -0.1) is 0 Å². The van der Waals surface area contributed by atoms with E-state index in [0.717, 1.165) is 0 Å². The number of amides is 2. The van der Waals surface area contributed by atoms with Crippen molar-refractivity contribution in [1.29, 1.82) is 0 Å². The molecule has 0 bridgehead atoms. The van der Waals surface area contributed by atoms with E-state index in [1.807, 2.05) is 0 Å². The second-order valence-corrected chi connectivity index (χ2v) is 6.06. The summed E-state index contributed by atoms with van der Waals surface area (Å²) >= 11 is 5.83. The Morgan fingerprint density at radius 3 is 2.56 bits per heavy atom. The predicted molar refractivity (Wildman–Crippen MR) is 101 cm³/mol. The minimum absolute atomic E-state index is 0.0462. The molecular formula is C19H21ClN2O5. The largest absolute Gasteiger partial charge is 0.497 e. The van der Waals surface area contributed by atoms with Crippen LogP contribution < -0.4 is 20.1 Å². The molecule has 0 saturated heterocycles. The molecule has 0 fully saturated rings. The van der Waals surface area contributed by atoms with E-state index < -0.39 is 17.9 Å². The number of hydrogen-bond acceptors (Lipinski definition) is 5. The number of methoxy groups -OCH3 is 2. The molecule has 0 heterocycles. The van der Waals surface area contributed by atoms with E-state index in [0.29, 0.717) is 27.6 Å². The zero-order valence-electron chi connectivity index (χ0n) is 15.0. The van der Waals surface area contributed by atoms with Crippen LogP contribution in [0.3, 0.4) is 0 Å². The smallest absolute Gasteiger partial charge is 0.251 e. The molecule has 2 aromatic carbocycles. The Hall–Kier alpha value is -2.77. The van der Waals surface area contributed by atoms with Crippen molar-refractivity contribution < 1.29 is 24.2 Å². The van der Waals surface area contributed by atoms with E-state index in [9.17, 15) is 14.7 Å². The van der Waals surface area contributed by atoms with Gasteiger partial charge in [0.15, 0.2) is 0 Å². The molecule has 0 aliphatic carbocycles. The second kappa shape index (κ2) is 9.80. The van der Waals surface area contributed by atoms with Crippen LogP contribution in [0.4, 0.5) is 0 Å². The van der Waals surface area contributed by atoms with Gasteiger partial charge in [-0.25, -0.2) is 0 Å². The highest BCUT2D eigenvalue weighted by Gasteiger charge is 2.16. The number of nitrogens with one attached hydrogen (secondary N) is 2. The summed E-state index contributed by atoms with van der Waals surface area (Å²) in [5.74, 6) is 0.186. The van der Waals surface area contributed by atoms with E-state index in [4.69, 9.17) is 21.1 Å². The molecule has 8 heteroatoms. The highest BCUT2D eigenvalue weighted by Crippen LogP contribution is 2.29. The molecule has 2 amide bonds. The van der Waals surface area contributed by atoms with Gasteiger partial charge in [-0.3, -0.25) is 9.59 Å². The molecule has 0 aromatic heterocycles. The summed E-state index contributed by atoms with van der Waals surface area (Å²) in [5, 5.41) is 15.8. The van der Waals surface area contributed by atoms with Crippen molar-refractivity contribution in [3.05, 3.63) is 58.6 Å². The van der Waals surface area contributed by atoms with Gasteiger partial charge in [-0.05, 0) is 36.4 Å². The molecule has 0 radical (unpaired) electrons. The Morgan fingerprint density at radius 1 is 1.11 bits per heavy atom. The number of carbonyl (C=O) groups excluding carboxylic acids is 2. The van der Waals surface area contributed by atoms with E-state index in [1.54, 1.807) is 36.4 Å². The highest BCUT2D eigenvalue weighted by molar-refractivity contribution is 6.30. The first-order valence-electron chi connectivity index (χ1n) is 8.15. The van der Waals surface area contributed by atoms with Gasteiger partial charge in [0.2, 0.25) is 5.91 Å². The molecule has 144 valence electrons. The highest BCUT2D eigenvalue weighted by atomic mass is 35.5. The van der Waals surface area contributed by atoms with Crippen molar-refractivity contribution in [2.45, 2.75) is 6.10 Å². The summed E-state index contributed by atoms with van der Waals surface area (Å²) in [5.41, 5.74) is 0.844. The third-order valence-corrected chi connectivity index (χ3v) is 4.02. The van der Waals surface area contributed by atoms with Gasteiger partial charge in [0, 0.05) is 22.7 Å². The molecule has 7 nitrogen and oxygen atoms in total. The number of carbonyl (C=O) groups is 2. The van der Waals surface area contributed by atoms with Crippen LogP contribution in [0.1, 0.15) is 22.0 Å². The third kappa shape index (κ3) is 5.87. The predicted octanol–water partition coefficient (Wildman–Crippen LogP) is 1.94. The Kier molecular flexibility index (Phi) is 7.45. The number of rotatable bonds is 8. The van der Waals surface area contributed by atoms with Crippen LogP contribution in [0, 0.1) is 0 Å². The van der Waals surface area contributed by atoms with Crippen LogP contribution in [-0.2, 0) is 4.79 Å². The number of halogens is 1. The number of aliphatic hydroxyl groups is 1. The molecule has 0 aliphatic rings. The van der Waals surface area contributed by atoms with E-state index >= 15 is 0 Å². The fourth-order valence-corrected chi connectivity index (χ4v) is 2.57. The van der Waals surface area contributed by atoms with Gasteiger partial charge in [0.25, 0.3) is 5.91 Å². The summed E-state index contributed by atoms with van der Waals surface area (Å²) in [7, 11) is 3.00. The van der Waals surface area contributed by atoms with Crippen LogP contribution >= 0.6 is 11.6 Å². The molecule has 0 aliphatic heterocycles. The lowest BCUT2D eigenvalue weighted by Gasteiger charge is -2.16. The van der Waals surface area contributed by atoms with Crippen molar-refractivity contribution in [2.75, 3.05) is 27.3 Å². The molecule has 0 saturated carbocycles. The van der Waals surface area contributed by atoms with Crippen molar-refractivity contribution in [3.63, 3.8) is 0 Å². The van der Waals surface area contributed by atoms with Crippen molar-refractivity contribution in [3.8, 4) is 11.5 Å². The van der Waals surface area contributed by atoms with Gasteiger partial charge < -0.3 is 25.2 Å². The summed E-state index contributed by atoms with van der Waals surface area (Å²) in [4.78, 5) is 23.9. The first-order valence-corrected chi connectivity index (χ1v) is 8.53. The molecule has 0 spiro atoms. The van der Waals surface area contributed by atoms with Crippen molar-refractivity contribution in [2.24, 2.45) is 0 Å². The Morgan fingerprint density at radius 2 is 1.89 bits per heavy atom. The number of ether oxygens (including phenoxy) is 2. The number of hydrogen-bond donors (Lipinski definition) is 3. The van der Waals surface area contributed by atoms with E-state index in [1.165, 1.54) is 20.3 Å². The van der Waals surface area contributed by atoms with Crippen molar-refractivity contribution in [1.82, 2.24) is 10.6 Å². The normalized spacial score (nSPS) is 11.4. The maximum absolute atomic E-state index is 12.0. The molecule has 2 aromatic rings. The fraction of sp³-hybridized carbons (Fsp3) is 0.263. The zero-order valence-corrected chi connectivity index (χ0v) is 15.7. The Labute approximate surface area is 162 Å². The van der Waals surface area contributed by atoms with E-state index in [2.05, 4.69) is 10.6 Å². The monoisotopic (exact) mass is 392 g/mol. The molecular weight excluding hydrogens is 372 g/mol. The van der Waals surface area contributed by atoms with Gasteiger partial charge >= 0.3 is 0 Å². The van der Waals surface area contributed by atoms with Gasteiger partial charge in [-0.1, -0.05) is 17.7 Å². The maximum atomic E-state index is 12.0. The lowest BCUT2D eigenvalue weighted by atomic mass is 10.1. The van der Waals surface area contributed by atoms with Crippen molar-refractivity contribution >= 4 is 23.4 Å². The summed E-state index contributed by atoms with van der Waals surface area (Å²) in [6.45, 7) is -0.275. The lowest BCUT2D eigenvalue weighted by Crippen LogP contribution is -2.38. The fourth-order valence-electron chi connectivity index (χ4n) is 2.38. The quantitative estimate of drug-likeness (QED) is 0.638. The summed E-state index contributed by atoms with van der Waals surface area (Å²) in [6.07, 6.45) is -0.998. The van der Waals surface area contributed by atoms with E-state index in [-0.39, 0.29) is 13.1 Å². The summed E-state index contributed by atoms with van der Waals surface area (Å²) < 4.78 is 10.3. The second-order valence-electron chi connectivity index (χ2n) is 5.62. The maximum Gasteiger partial charge on any atom is 0.251 e. The SMILES string of the molecule is COc1ccc(OC)c(C(O)CNC(=O)CNC(=O)c2cccc(Cl)c2)c1. The minimum atomic E-state index is -0.998. The Balaban J connectivity index is 1.87. The average molecular weight is 393 g/mol. The zero-order chi connectivity index (χ0) is 19.8. The van der Waals surface area contributed by atoms with Crippen LogP contribution in [0.2, 0.25) is 5.02 Å². The third-order valence-electron chi connectivity index (χ3n) is 3.78. The van der Waals surface area contributed by atoms with Gasteiger partial charge in [-0.2, -0.15) is 0 Å². The van der Waals surface area contributed by atoms with Crippen LogP contribution in [0.5, 0.6) is 11.5 Å². The van der Waals surface area contributed by atoms with Crippen LogP contribution in [0.25, 0.3) is 0 Å². The standard InChI is InChI=1S/C19H21ClN2O5/c1-26-14-6-7-17(27-2)15(9-14)16(23)10-21-18(24)11-22-19(25)12-4-3-5-13(20)8-12/h3-9,16,23H,10-11H2,1-2H3,(H,21,24)(H,22,25). The molecule has 27 heavy (non-hydrogen) atoms. The van der Waals surface area contributed by atoms with Crippen LogP contribution in [-0.4, -0.2) is 44.2 Å². The first kappa shape index (κ1) is 20.5. The molecule has 1 atom stereocenters. The summed E-state index contributed by atoms with van der Waals surface area (Å²) in [6, 6.07) is 11.4. The molecule has 1 unspecified atom stereocenters. The van der Waals surface area contributed by atoms with Gasteiger partial charge in [0.05, 0.1) is 26.9 Å².